The second kappa shape index (κ2) is 3.10. The highest BCUT2D eigenvalue weighted by atomic mass is 16.5. The normalized spacial score (nSPS) is 8.57. The molecule has 40 valence electrons. The molecule has 0 saturated carbocycles. The molecule has 0 amide bonds. The third-order valence-electron chi connectivity index (χ3n) is 0.469. The van der Waals surface area contributed by atoms with E-state index in [9.17, 15) is 0 Å². The second-order valence-corrected chi connectivity index (χ2v) is 1.78. The summed E-state index contributed by atoms with van der Waals surface area (Å²) in [5, 5.41) is 8.50. The van der Waals surface area contributed by atoms with E-state index in [1.54, 1.807) is 6.82 Å². The molecular formula is C3H10B2O2. The Hall–Kier alpha value is 0.0499. The Kier molecular flexibility index (Phi) is 3.13. The van der Waals surface area contributed by atoms with Crippen molar-refractivity contribution in [3.05, 3.63) is 0 Å². The van der Waals surface area contributed by atoms with Crippen LogP contribution < -0.4 is 0 Å². The van der Waals surface area contributed by atoms with Gasteiger partial charge in [-0.25, -0.2) is 0 Å². The van der Waals surface area contributed by atoms with Crippen molar-refractivity contribution in [2.75, 3.05) is 0 Å². The zero-order chi connectivity index (χ0) is 5.86. The SMILES string of the molecule is CB(C)OB(C)O. The van der Waals surface area contributed by atoms with Crippen molar-refractivity contribution in [3.63, 3.8) is 0 Å². The molecule has 0 rings (SSSR count). The summed E-state index contributed by atoms with van der Waals surface area (Å²) in [6, 6.07) is 0. The van der Waals surface area contributed by atoms with Gasteiger partial charge in [-0.05, 0) is 6.82 Å². The molecule has 0 spiro atoms. The van der Waals surface area contributed by atoms with E-state index in [4.69, 9.17) is 9.60 Å². The van der Waals surface area contributed by atoms with Crippen molar-refractivity contribution in [1.82, 2.24) is 0 Å². The average Bonchev–Trinajstić information content (AvgIpc) is 1.27. The van der Waals surface area contributed by atoms with Crippen molar-refractivity contribution in [3.8, 4) is 0 Å². The van der Waals surface area contributed by atoms with E-state index in [0.717, 1.165) is 0 Å². The molecule has 0 aromatic carbocycles. The molecule has 0 fully saturated rings. The van der Waals surface area contributed by atoms with E-state index < -0.39 is 7.12 Å². The maximum Gasteiger partial charge on any atom is 0.435 e. The first-order valence-electron chi connectivity index (χ1n) is 2.46. The van der Waals surface area contributed by atoms with Crippen molar-refractivity contribution >= 4 is 14.0 Å². The standard InChI is InChI=1S/C3H10B2O2/c1-4(2)7-5(3)6/h6H,1-3H3. The van der Waals surface area contributed by atoms with Crippen LogP contribution in [0.25, 0.3) is 0 Å². The minimum atomic E-state index is -0.625. The molecule has 2 nitrogen and oxygen atoms in total. The van der Waals surface area contributed by atoms with Crippen LogP contribution in [0, 0.1) is 0 Å². The van der Waals surface area contributed by atoms with Gasteiger partial charge in [0.25, 0.3) is 6.92 Å². The fourth-order valence-electron chi connectivity index (χ4n) is 0.394. The third kappa shape index (κ3) is 6.05. The molecule has 4 heteroatoms. The summed E-state index contributed by atoms with van der Waals surface area (Å²) < 4.78 is 4.81. The molecule has 0 saturated heterocycles. The summed E-state index contributed by atoms with van der Waals surface area (Å²) in [7, 11) is -0.625. The number of hydrogen-bond acceptors (Lipinski definition) is 2. The van der Waals surface area contributed by atoms with Crippen LogP contribution in [-0.4, -0.2) is 19.1 Å². The minimum absolute atomic E-state index is 0.125. The average molecular weight is 99.7 g/mol. The Bertz CT molecular complexity index is 40.2. The van der Waals surface area contributed by atoms with Crippen LogP contribution in [0.2, 0.25) is 20.5 Å². The summed E-state index contributed by atoms with van der Waals surface area (Å²) in [5.74, 6) is 0. The highest BCUT2D eigenvalue weighted by molar-refractivity contribution is 6.60. The Morgan fingerprint density at radius 1 is 1.29 bits per heavy atom. The maximum atomic E-state index is 8.50. The molecule has 0 aliphatic rings. The summed E-state index contributed by atoms with van der Waals surface area (Å²) >= 11 is 0. The number of hydrogen-bond donors (Lipinski definition) is 1. The zero-order valence-electron chi connectivity index (χ0n) is 5.01. The minimum Gasteiger partial charge on any atom is -0.475 e. The van der Waals surface area contributed by atoms with Crippen molar-refractivity contribution < 1.29 is 9.60 Å². The van der Waals surface area contributed by atoms with Crippen LogP contribution in [0.5, 0.6) is 0 Å². The molecule has 7 heavy (non-hydrogen) atoms. The Morgan fingerprint density at radius 2 is 1.71 bits per heavy atom. The Labute approximate surface area is 45.1 Å². The first kappa shape index (κ1) is 7.05. The lowest BCUT2D eigenvalue weighted by atomic mass is 9.71. The highest BCUT2D eigenvalue weighted by Crippen LogP contribution is 1.84. The summed E-state index contributed by atoms with van der Waals surface area (Å²) in [6.07, 6.45) is 0. The van der Waals surface area contributed by atoms with Crippen molar-refractivity contribution in [2.45, 2.75) is 20.5 Å². The van der Waals surface area contributed by atoms with Gasteiger partial charge in [-0.15, -0.1) is 0 Å². The fraction of sp³-hybridized carbons (Fsp3) is 1.00. The van der Waals surface area contributed by atoms with E-state index in [1.165, 1.54) is 0 Å². The summed E-state index contributed by atoms with van der Waals surface area (Å²) in [5.41, 5.74) is 0. The third-order valence-corrected chi connectivity index (χ3v) is 0.469. The molecule has 0 aliphatic heterocycles. The van der Waals surface area contributed by atoms with E-state index in [0.29, 0.717) is 0 Å². The van der Waals surface area contributed by atoms with Crippen LogP contribution in [-0.2, 0) is 4.57 Å². The van der Waals surface area contributed by atoms with E-state index in [1.807, 2.05) is 13.6 Å². The lowest BCUT2D eigenvalue weighted by Crippen LogP contribution is -2.20. The lowest BCUT2D eigenvalue weighted by molar-refractivity contribution is 0.433. The van der Waals surface area contributed by atoms with Crippen LogP contribution in [0.3, 0.4) is 0 Å². The quantitative estimate of drug-likeness (QED) is 0.507. The highest BCUT2D eigenvalue weighted by Gasteiger charge is 2.06. The molecule has 0 aliphatic carbocycles. The van der Waals surface area contributed by atoms with Crippen LogP contribution in [0.15, 0.2) is 0 Å². The van der Waals surface area contributed by atoms with Crippen LogP contribution in [0.1, 0.15) is 0 Å². The fourth-order valence-corrected chi connectivity index (χ4v) is 0.394. The van der Waals surface area contributed by atoms with E-state index in [2.05, 4.69) is 0 Å². The monoisotopic (exact) mass is 100 g/mol. The van der Waals surface area contributed by atoms with Gasteiger partial charge in [0.1, 0.15) is 0 Å². The van der Waals surface area contributed by atoms with Crippen molar-refractivity contribution in [1.29, 1.82) is 0 Å². The van der Waals surface area contributed by atoms with E-state index in [-0.39, 0.29) is 6.92 Å². The van der Waals surface area contributed by atoms with Gasteiger partial charge in [0.05, 0.1) is 0 Å². The number of rotatable bonds is 2. The zero-order valence-corrected chi connectivity index (χ0v) is 5.01. The van der Waals surface area contributed by atoms with Gasteiger partial charge < -0.3 is 9.60 Å². The summed E-state index contributed by atoms with van der Waals surface area (Å²) in [6.45, 7) is 5.49. The van der Waals surface area contributed by atoms with Crippen molar-refractivity contribution in [2.24, 2.45) is 0 Å². The molecule has 0 heterocycles. The van der Waals surface area contributed by atoms with Crippen LogP contribution >= 0.6 is 0 Å². The topological polar surface area (TPSA) is 29.5 Å². The first-order chi connectivity index (χ1) is 3.13. The van der Waals surface area contributed by atoms with E-state index >= 15 is 0 Å². The molecule has 0 atom stereocenters. The predicted octanol–water partition coefficient (Wildman–Crippen LogP) is 0.364. The Balaban J connectivity index is 2.95. The predicted molar refractivity (Wildman–Crippen MR) is 32.4 cm³/mol. The molecule has 0 radical (unpaired) electrons. The molecule has 0 unspecified atom stereocenters. The van der Waals surface area contributed by atoms with Gasteiger partial charge in [-0.1, -0.05) is 13.6 Å². The van der Waals surface area contributed by atoms with Gasteiger partial charge in [-0.2, -0.15) is 0 Å². The summed E-state index contributed by atoms with van der Waals surface area (Å²) in [4.78, 5) is 0. The largest absolute Gasteiger partial charge is 0.475 e. The molecule has 0 aromatic heterocycles. The second-order valence-electron chi connectivity index (χ2n) is 1.78. The molecule has 1 N–H and O–H groups in total. The van der Waals surface area contributed by atoms with Gasteiger partial charge in [0.2, 0.25) is 0 Å². The Morgan fingerprint density at radius 3 is 1.71 bits per heavy atom. The maximum absolute atomic E-state index is 8.50. The van der Waals surface area contributed by atoms with Gasteiger partial charge >= 0.3 is 7.12 Å². The molecule has 0 aromatic rings. The lowest BCUT2D eigenvalue weighted by Gasteiger charge is -2.02. The smallest absolute Gasteiger partial charge is 0.435 e. The first-order valence-corrected chi connectivity index (χ1v) is 2.46. The van der Waals surface area contributed by atoms with Crippen LogP contribution in [0.4, 0.5) is 0 Å². The van der Waals surface area contributed by atoms with Gasteiger partial charge in [-0.3, -0.25) is 0 Å². The molecular weight excluding hydrogens is 89.7 g/mol. The van der Waals surface area contributed by atoms with Gasteiger partial charge in [0.15, 0.2) is 0 Å². The molecule has 0 bridgehead atoms. The van der Waals surface area contributed by atoms with Gasteiger partial charge in [0, 0.05) is 0 Å².